The fourth-order valence-corrected chi connectivity index (χ4v) is 11.2. The smallest absolute Gasteiger partial charge is 0.238 e. The molecule has 0 aliphatic carbocycles. The molecule has 292 valence electrons. The van der Waals surface area contributed by atoms with E-state index in [0.29, 0.717) is 17.6 Å². The number of rotatable bonds is 4. The Balaban J connectivity index is 1.04. The van der Waals surface area contributed by atoms with Crippen LogP contribution in [0, 0.1) is 0 Å². The monoisotopic (exact) mass is 819 g/mol. The average molecular weight is 820 g/mol. The molecular formula is C57H33N5S. The van der Waals surface area contributed by atoms with Crippen LogP contribution in [-0.2, 0) is 0 Å². The predicted octanol–water partition coefficient (Wildman–Crippen LogP) is 15.1. The van der Waals surface area contributed by atoms with Crippen molar-refractivity contribution < 1.29 is 0 Å². The van der Waals surface area contributed by atoms with Gasteiger partial charge in [-0.15, -0.1) is 11.3 Å². The van der Waals surface area contributed by atoms with Crippen LogP contribution in [0.1, 0.15) is 0 Å². The molecule has 0 N–H and O–H groups in total. The first kappa shape index (κ1) is 34.5. The second-order valence-corrected chi connectivity index (χ2v) is 17.5. The minimum absolute atomic E-state index is 0.578. The Bertz CT molecular complexity index is 4020. The van der Waals surface area contributed by atoms with Gasteiger partial charge in [0.15, 0.2) is 11.6 Å². The minimum atomic E-state index is 0.578. The molecule has 0 amide bonds. The molecule has 1 aliphatic rings. The Hall–Kier alpha value is -8.19. The third kappa shape index (κ3) is 5.07. The van der Waals surface area contributed by atoms with Crippen molar-refractivity contribution in [2.75, 3.05) is 0 Å². The molecule has 0 fully saturated rings. The Labute approximate surface area is 365 Å². The fourth-order valence-electron chi connectivity index (χ4n) is 10.1. The Morgan fingerprint density at radius 2 is 0.889 bits per heavy atom. The van der Waals surface area contributed by atoms with E-state index in [-0.39, 0.29) is 0 Å². The quantitative estimate of drug-likeness (QED) is 0.178. The molecule has 5 nitrogen and oxygen atoms in total. The van der Waals surface area contributed by atoms with E-state index in [0.717, 1.165) is 38.5 Å². The zero-order valence-electron chi connectivity index (χ0n) is 33.7. The lowest BCUT2D eigenvalue weighted by Gasteiger charge is -2.13. The second kappa shape index (κ2) is 13.2. The SMILES string of the molecule is c1ccc(-c2ccc(-c3nc(-c4ccc5c(c4)sc4ccccc45)nc(-n4c5ccccc5c5cc6c(cc54)c4cccc5c4n6-c4ccccc4-c4ccccc4-5)n3)cc2)cc1. The highest BCUT2D eigenvalue weighted by Crippen LogP contribution is 2.48. The van der Waals surface area contributed by atoms with Crippen LogP contribution in [0.2, 0.25) is 0 Å². The molecule has 4 aromatic heterocycles. The van der Waals surface area contributed by atoms with Crippen LogP contribution >= 0.6 is 11.3 Å². The predicted molar refractivity (Wildman–Crippen MR) is 262 cm³/mol. The van der Waals surface area contributed by atoms with E-state index in [1.54, 1.807) is 11.3 Å². The molecule has 0 radical (unpaired) electrons. The van der Waals surface area contributed by atoms with E-state index in [1.807, 2.05) is 6.07 Å². The van der Waals surface area contributed by atoms with Crippen LogP contribution in [0.5, 0.6) is 0 Å². The van der Waals surface area contributed by atoms with Gasteiger partial charge in [0, 0.05) is 64.0 Å². The van der Waals surface area contributed by atoms with Gasteiger partial charge in [0.2, 0.25) is 5.95 Å². The van der Waals surface area contributed by atoms with Crippen molar-refractivity contribution in [3.05, 3.63) is 200 Å². The third-order valence-electron chi connectivity index (χ3n) is 12.9. The lowest BCUT2D eigenvalue weighted by molar-refractivity contribution is 0.954. The summed E-state index contributed by atoms with van der Waals surface area (Å²) in [6.45, 7) is 0. The molecular weight excluding hydrogens is 787 g/mol. The molecule has 0 spiro atoms. The van der Waals surface area contributed by atoms with Crippen molar-refractivity contribution in [1.29, 1.82) is 0 Å². The van der Waals surface area contributed by atoms with E-state index >= 15 is 0 Å². The summed E-state index contributed by atoms with van der Waals surface area (Å²) in [7, 11) is 0. The topological polar surface area (TPSA) is 48.5 Å². The largest absolute Gasteiger partial charge is 0.308 e. The molecule has 14 rings (SSSR count). The summed E-state index contributed by atoms with van der Waals surface area (Å²) in [6, 6.07) is 72.0. The number of hydrogen-bond acceptors (Lipinski definition) is 4. The van der Waals surface area contributed by atoms with E-state index in [9.17, 15) is 0 Å². The summed E-state index contributed by atoms with van der Waals surface area (Å²) in [5.41, 5.74) is 14.8. The summed E-state index contributed by atoms with van der Waals surface area (Å²) in [4.78, 5) is 16.0. The molecule has 9 aromatic carbocycles. The number of benzene rings is 9. The highest BCUT2D eigenvalue weighted by molar-refractivity contribution is 7.25. The molecule has 0 saturated carbocycles. The summed E-state index contributed by atoms with van der Waals surface area (Å²) >= 11 is 1.80. The van der Waals surface area contributed by atoms with Crippen molar-refractivity contribution >= 4 is 75.1 Å². The number of aromatic nitrogens is 5. The van der Waals surface area contributed by atoms with Gasteiger partial charge in [-0.1, -0.05) is 164 Å². The van der Waals surface area contributed by atoms with E-state index in [4.69, 9.17) is 15.0 Å². The molecule has 0 unspecified atom stereocenters. The Kier molecular flexibility index (Phi) is 7.21. The van der Waals surface area contributed by atoms with Crippen LogP contribution in [-0.4, -0.2) is 24.1 Å². The maximum atomic E-state index is 5.39. The van der Waals surface area contributed by atoms with E-state index < -0.39 is 0 Å². The fraction of sp³-hybridized carbons (Fsp3) is 0. The zero-order chi connectivity index (χ0) is 41.2. The van der Waals surface area contributed by atoms with Gasteiger partial charge in [-0.3, -0.25) is 4.57 Å². The highest BCUT2D eigenvalue weighted by atomic mass is 32.1. The first-order chi connectivity index (χ1) is 31.2. The maximum Gasteiger partial charge on any atom is 0.238 e. The van der Waals surface area contributed by atoms with Crippen molar-refractivity contribution in [2.45, 2.75) is 0 Å². The lowest BCUT2D eigenvalue weighted by atomic mass is 9.94. The molecule has 0 saturated heterocycles. The standard InChI is InChI=1S/C57H33N5S/c1-2-13-34(14-3-1)35-25-27-36(28-26-35)55-58-56(37-29-30-43-42-19-8-11-24-52(42)63-53(43)31-37)60-57(59-55)62-49-23-10-7-18-41(49)46-32-50-47(33-51(46)62)45-21-12-20-44-39-16-5-4-15-38(39)40-17-6-9-22-48(40)61(50)54(44)45/h1-33H. The minimum Gasteiger partial charge on any atom is -0.308 e. The number of para-hydroxylation sites is 3. The first-order valence-corrected chi connectivity index (χ1v) is 22.1. The van der Waals surface area contributed by atoms with E-state index in [2.05, 4.69) is 203 Å². The van der Waals surface area contributed by atoms with Crippen LogP contribution in [0.25, 0.3) is 132 Å². The number of thiophene rings is 1. The number of hydrogen-bond donors (Lipinski definition) is 0. The van der Waals surface area contributed by atoms with Crippen molar-refractivity contribution in [3.8, 4) is 67.8 Å². The molecule has 13 aromatic rings. The summed E-state index contributed by atoms with van der Waals surface area (Å²) in [5, 5.41) is 7.17. The number of nitrogens with zero attached hydrogens (tertiary/aromatic N) is 5. The summed E-state index contributed by atoms with van der Waals surface area (Å²) < 4.78 is 7.21. The van der Waals surface area contributed by atoms with Crippen molar-refractivity contribution in [3.63, 3.8) is 0 Å². The molecule has 6 heteroatoms. The zero-order valence-corrected chi connectivity index (χ0v) is 34.5. The van der Waals surface area contributed by atoms with Gasteiger partial charge >= 0.3 is 0 Å². The summed E-state index contributed by atoms with van der Waals surface area (Å²) in [6.07, 6.45) is 0. The van der Waals surface area contributed by atoms with Gasteiger partial charge in [-0.25, -0.2) is 4.98 Å². The molecule has 63 heavy (non-hydrogen) atoms. The van der Waals surface area contributed by atoms with Crippen molar-refractivity contribution in [1.82, 2.24) is 24.1 Å². The first-order valence-electron chi connectivity index (χ1n) is 21.3. The van der Waals surface area contributed by atoms with Crippen LogP contribution in [0.15, 0.2) is 200 Å². The van der Waals surface area contributed by atoms with Gasteiger partial charge in [0.25, 0.3) is 0 Å². The van der Waals surface area contributed by atoms with Gasteiger partial charge in [-0.2, -0.15) is 9.97 Å². The van der Waals surface area contributed by atoms with Crippen LogP contribution in [0.3, 0.4) is 0 Å². The molecule has 5 heterocycles. The van der Waals surface area contributed by atoms with Gasteiger partial charge in [0.1, 0.15) is 0 Å². The molecule has 1 aliphatic heterocycles. The molecule has 0 bridgehead atoms. The van der Waals surface area contributed by atoms with Gasteiger partial charge in [-0.05, 0) is 58.7 Å². The summed E-state index contributed by atoms with van der Waals surface area (Å²) in [5.74, 6) is 1.83. The normalized spacial score (nSPS) is 12.1. The second-order valence-electron chi connectivity index (χ2n) is 16.4. The highest BCUT2D eigenvalue weighted by Gasteiger charge is 2.26. The van der Waals surface area contributed by atoms with E-state index in [1.165, 1.54) is 75.5 Å². The Morgan fingerprint density at radius 3 is 1.73 bits per heavy atom. The number of fused-ring (bicyclic) bond motifs is 14. The van der Waals surface area contributed by atoms with Crippen molar-refractivity contribution in [2.24, 2.45) is 0 Å². The van der Waals surface area contributed by atoms with Gasteiger partial charge in [0.05, 0.1) is 27.8 Å². The van der Waals surface area contributed by atoms with Crippen LogP contribution in [0.4, 0.5) is 0 Å². The lowest BCUT2D eigenvalue weighted by Crippen LogP contribution is -2.06. The third-order valence-corrected chi connectivity index (χ3v) is 14.1. The average Bonchev–Trinajstić information content (AvgIpc) is 3.97. The van der Waals surface area contributed by atoms with Gasteiger partial charge < -0.3 is 4.57 Å². The van der Waals surface area contributed by atoms with Crippen LogP contribution < -0.4 is 0 Å². The maximum absolute atomic E-state index is 5.39. The Morgan fingerprint density at radius 1 is 0.317 bits per heavy atom. The molecule has 0 atom stereocenters.